The number of thiocarbonyl (C=S) groups is 1. The van der Waals surface area contributed by atoms with Crippen molar-refractivity contribution in [3.05, 3.63) is 58.1 Å². The Labute approximate surface area is 174 Å². The molecule has 0 spiro atoms. The fourth-order valence-electron chi connectivity index (χ4n) is 2.55. The molecule has 0 aliphatic rings. The van der Waals surface area contributed by atoms with Crippen molar-refractivity contribution < 1.29 is 19.2 Å². The van der Waals surface area contributed by atoms with Gasteiger partial charge in [-0.1, -0.05) is 31.9 Å². The molecule has 0 saturated heterocycles. The number of para-hydroxylation sites is 1. The van der Waals surface area contributed by atoms with Crippen LogP contribution in [-0.2, 0) is 0 Å². The molecule has 2 rings (SSSR count). The quantitative estimate of drug-likeness (QED) is 0.271. The van der Waals surface area contributed by atoms with E-state index in [1.54, 1.807) is 24.3 Å². The number of nitro benzene ring substituents is 1. The molecule has 9 heteroatoms. The number of hydrogen-bond acceptors (Lipinski definition) is 6. The second-order valence-corrected chi connectivity index (χ2v) is 6.51. The number of unbranched alkanes of at least 4 members (excludes halogenated alkanes) is 2. The van der Waals surface area contributed by atoms with Crippen LogP contribution in [0.15, 0.2) is 42.5 Å². The molecule has 0 atom stereocenters. The Bertz CT molecular complexity index is 888. The molecule has 154 valence electrons. The first-order valence-corrected chi connectivity index (χ1v) is 9.53. The van der Waals surface area contributed by atoms with Crippen LogP contribution in [0, 0.1) is 10.1 Å². The van der Waals surface area contributed by atoms with Crippen molar-refractivity contribution in [2.24, 2.45) is 0 Å². The Morgan fingerprint density at radius 3 is 2.62 bits per heavy atom. The molecule has 8 nitrogen and oxygen atoms in total. The molecule has 2 aromatic rings. The third kappa shape index (κ3) is 6.42. The average Bonchev–Trinajstić information content (AvgIpc) is 2.71. The van der Waals surface area contributed by atoms with E-state index in [2.05, 4.69) is 17.6 Å². The molecular weight excluding hydrogens is 394 g/mol. The normalized spacial score (nSPS) is 10.1. The first-order valence-electron chi connectivity index (χ1n) is 9.12. The lowest BCUT2D eigenvalue weighted by atomic mass is 10.2. The van der Waals surface area contributed by atoms with Gasteiger partial charge in [-0.15, -0.1) is 0 Å². The second kappa shape index (κ2) is 11.0. The number of ether oxygens (including phenoxy) is 2. The average molecular weight is 417 g/mol. The molecule has 1 amide bonds. The van der Waals surface area contributed by atoms with E-state index in [9.17, 15) is 14.9 Å². The van der Waals surface area contributed by atoms with Crippen LogP contribution in [-0.4, -0.2) is 29.7 Å². The maximum Gasteiger partial charge on any atom is 0.271 e. The highest BCUT2D eigenvalue weighted by Gasteiger charge is 2.16. The van der Waals surface area contributed by atoms with Crippen LogP contribution in [0.5, 0.6) is 11.5 Å². The summed E-state index contributed by atoms with van der Waals surface area (Å²) in [5, 5.41) is 16.3. The Kier molecular flexibility index (Phi) is 8.35. The fourth-order valence-corrected chi connectivity index (χ4v) is 2.75. The van der Waals surface area contributed by atoms with Gasteiger partial charge in [-0.25, -0.2) is 0 Å². The summed E-state index contributed by atoms with van der Waals surface area (Å²) in [5.41, 5.74) is 0.489. The Hall–Kier alpha value is -3.20. The minimum atomic E-state index is -0.529. The van der Waals surface area contributed by atoms with E-state index < -0.39 is 10.8 Å². The summed E-state index contributed by atoms with van der Waals surface area (Å²) >= 11 is 5.18. The number of nitrogens with one attached hydrogen (secondary N) is 2. The minimum Gasteiger partial charge on any atom is -0.495 e. The van der Waals surface area contributed by atoms with Gasteiger partial charge in [0.1, 0.15) is 11.5 Å². The van der Waals surface area contributed by atoms with Crippen LogP contribution in [0.2, 0.25) is 0 Å². The number of nitro groups is 1. The highest BCUT2D eigenvalue weighted by molar-refractivity contribution is 7.80. The van der Waals surface area contributed by atoms with E-state index in [1.165, 1.54) is 25.3 Å². The lowest BCUT2D eigenvalue weighted by molar-refractivity contribution is -0.384. The van der Waals surface area contributed by atoms with Gasteiger partial charge < -0.3 is 14.8 Å². The first kappa shape index (κ1) is 22.1. The predicted octanol–water partition coefficient (Wildman–Crippen LogP) is 4.30. The van der Waals surface area contributed by atoms with Gasteiger partial charge in [0.05, 0.1) is 29.9 Å². The molecule has 0 fully saturated rings. The first-order chi connectivity index (χ1) is 14.0. The fraction of sp³-hybridized carbons (Fsp3) is 0.300. The third-order valence-electron chi connectivity index (χ3n) is 4.01. The zero-order chi connectivity index (χ0) is 21.2. The van der Waals surface area contributed by atoms with Crippen LogP contribution in [0.4, 0.5) is 11.4 Å². The van der Waals surface area contributed by atoms with Crippen molar-refractivity contribution in [1.29, 1.82) is 0 Å². The van der Waals surface area contributed by atoms with Crippen molar-refractivity contribution in [2.45, 2.75) is 26.2 Å². The van der Waals surface area contributed by atoms with Gasteiger partial charge in [-0.3, -0.25) is 20.2 Å². The number of rotatable bonds is 9. The van der Waals surface area contributed by atoms with E-state index in [1.807, 2.05) is 0 Å². The monoisotopic (exact) mass is 417 g/mol. The van der Waals surface area contributed by atoms with Crippen LogP contribution in [0.3, 0.4) is 0 Å². The molecule has 0 bridgehead atoms. The Morgan fingerprint density at radius 1 is 1.17 bits per heavy atom. The van der Waals surface area contributed by atoms with Crippen LogP contribution >= 0.6 is 12.2 Å². The van der Waals surface area contributed by atoms with Gasteiger partial charge in [0, 0.05) is 12.1 Å². The maximum absolute atomic E-state index is 12.6. The topological polar surface area (TPSA) is 103 Å². The van der Waals surface area contributed by atoms with Crippen LogP contribution in [0.1, 0.15) is 36.5 Å². The number of carbonyl (C=O) groups is 1. The maximum atomic E-state index is 12.6. The van der Waals surface area contributed by atoms with E-state index in [-0.39, 0.29) is 16.5 Å². The SMILES string of the molecule is CCCCCOc1ccccc1C(=O)NC(=S)Nc1cc([N+](=O)[O-])ccc1OC. The number of methoxy groups -OCH3 is 1. The number of anilines is 1. The molecule has 0 saturated carbocycles. The number of hydrogen-bond donors (Lipinski definition) is 2. The van der Waals surface area contributed by atoms with Crippen LogP contribution < -0.4 is 20.1 Å². The van der Waals surface area contributed by atoms with Gasteiger partial charge in [-0.05, 0) is 36.8 Å². The third-order valence-corrected chi connectivity index (χ3v) is 4.21. The van der Waals surface area contributed by atoms with Crippen molar-refractivity contribution in [3.63, 3.8) is 0 Å². The number of nitrogens with zero attached hydrogens (tertiary/aromatic N) is 1. The van der Waals surface area contributed by atoms with Crippen molar-refractivity contribution in [2.75, 3.05) is 19.0 Å². The zero-order valence-electron chi connectivity index (χ0n) is 16.3. The van der Waals surface area contributed by atoms with E-state index >= 15 is 0 Å². The smallest absolute Gasteiger partial charge is 0.271 e. The lowest BCUT2D eigenvalue weighted by Gasteiger charge is -2.14. The molecule has 0 radical (unpaired) electrons. The van der Waals surface area contributed by atoms with E-state index in [0.29, 0.717) is 23.7 Å². The number of benzene rings is 2. The van der Waals surface area contributed by atoms with Gasteiger partial charge in [0.15, 0.2) is 5.11 Å². The molecule has 0 aliphatic heterocycles. The van der Waals surface area contributed by atoms with Gasteiger partial charge in [0.2, 0.25) is 0 Å². The summed E-state index contributed by atoms with van der Waals surface area (Å²) in [4.78, 5) is 23.1. The molecular formula is C20H23N3O5S. The number of non-ortho nitro benzene ring substituents is 1. The van der Waals surface area contributed by atoms with Gasteiger partial charge in [0.25, 0.3) is 11.6 Å². The summed E-state index contributed by atoms with van der Waals surface area (Å²) in [6.45, 7) is 2.62. The van der Waals surface area contributed by atoms with Crippen molar-refractivity contribution in [1.82, 2.24) is 5.32 Å². The summed E-state index contributed by atoms with van der Waals surface area (Å²) in [5.74, 6) is 0.377. The van der Waals surface area contributed by atoms with Gasteiger partial charge in [-0.2, -0.15) is 0 Å². The highest BCUT2D eigenvalue weighted by Crippen LogP contribution is 2.28. The molecule has 2 aromatic carbocycles. The second-order valence-electron chi connectivity index (χ2n) is 6.10. The van der Waals surface area contributed by atoms with Crippen molar-refractivity contribution in [3.8, 4) is 11.5 Å². The van der Waals surface area contributed by atoms with E-state index in [0.717, 1.165) is 19.3 Å². The number of carbonyl (C=O) groups excluding carboxylic acids is 1. The lowest BCUT2D eigenvalue weighted by Crippen LogP contribution is -2.34. The Morgan fingerprint density at radius 2 is 1.93 bits per heavy atom. The highest BCUT2D eigenvalue weighted by atomic mass is 32.1. The zero-order valence-corrected chi connectivity index (χ0v) is 17.1. The molecule has 0 heterocycles. The summed E-state index contributed by atoms with van der Waals surface area (Å²) in [7, 11) is 1.43. The largest absolute Gasteiger partial charge is 0.495 e. The van der Waals surface area contributed by atoms with Gasteiger partial charge >= 0.3 is 0 Å². The van der Waals surface area contributed by atoms with Crippen molar-refractivity contribution >= 4 is 34.6 Å². The summed E-state index contributed by atoms with van der Waals surface area (Å²) < 4.78 is 10.9. The Balaban J connectivity index is 2.07. The van der Waals surface area contributed by atoms with Crippen LogP contribution in [0.25, 0.3) is 0 Å². The van der Waals surface area contributed by atoms with E-state index in [4.69, 9.17) is 21.7 Å². The summed E-state index contributed by atoms with van der Waals surface area (Å²) in [6, 6.07) is 10.9. The minimum absolute atomic E-state index is 0.0189. The standard InChI is InChI=1S/C20H23N3O5S/c1-3-4-7-12-28-17-9-6-5-8-15(17)19(24)22-20(29)21-16-13-14(23(25)26)10-11-18(16)27-2/h5-6,8-11,13H,3-4,7,12H2,1-2H3,(H2,21,22,24,29). The molecule has 29 heavy (non-hydrogen) atoms. The molecule has 0 unspecified atom stereocenters. The predicted molar refractivity (Wildman–Crippen MR) is 115 cm³/mol. The molecule has 2 N–H and O–H groups in total. The summed E-state index contributed by atoms with van der Waals surface area (Å²) in [6.07, 6.45) is 3.03. The molecule has 0 aromatic heterocycles. The molecule has 0 aliphatic carbocycles. The number of amides is 1.